The van der Waals surface area contributed by atoms with Gasteiger partial charge in [-0.25, -0.2) is 0 Å². The molecule has 1 rings (SSSR count). The van der Waals surface area contributed by atoms with Gasteiger partial charge in [-0.3, -0.25) is 9.59 Å². The van der Waals surface area contributed by atoms with Crippen LogP contribution in [-0.2, 0) is 23.8 Å². The number of hydrogen-bond acceptors (Lipinski definition) is 10. The molecule has 7 atom stereocenters. The van der Waals surface area contributed by atoms with Gasteiger partial charge in [-0.2, -0.15) is 0 Å². The van der Waals surface area contributed by atoms with Crippen LogP contribution in [0.1, 0.15) is 271 Å². The van der Waals surface area contributed by atoms with Crippen LogP contribution in [0, 0.1) is 0 Å². The van der Waals surface area contributed by atoms with E-state index < -0.39 is 49.5 Å². The SMILES string of the molecule is CCCCCCCCC/C=C/CC/C=C/C(O)C(COC1OC(CO)C(O)C(O)C1O)NC(=O)CCCCCCCCC/C=C\CCCCCCCCCCOC(=O)CCCCCCCCCCCCC. The molecule has 6 N–H and O–H groups in total. The maximum Gasteiger partial charge on any atom is 0.305 e. The fraction of sp³-hybridized carbons (Fsp3) is 0.867. The Hall–Kier alpha value is -2.12. The standard InChI is InChI=1S/C60H111NO10/c1-3-5-7-9-11-13-15-23-27-30-34-38-42-46-53(63)52(51-70-60-59(68)58(67)57(66)54(50-62)71-60)61-55(64)47-43-39-35-31-28-24-21-19-17-16-18-20-22-25-29-33-37-41-45-49-69-56(65)48-44-40-36-32-26-14-12-10-8-6-4-2/h16-17,27,30,42,46,52-54,57-60,62-63,66-68H,3-15,18-26,28-29,31-41,43-45,47-51H2,1-2H3,(H,61,64)/b17-16-,30-27+,46-42+. The summed E-state index contributed by atoms with van der Waals surface area (Å²) in [5.74, 6) is -0.214. The van der Waals surface area contributed by atoms with Crippen molar-refractivity contribution in [2.45, 2.75) is 314 Å². The van der Waals surface area contributed by atoms with Crippen molar-refractivity contribution >= 4 is 11.9 Å². The van der Waals surface area contributed by atoms with Crippen molar-refractivity contribution in [3.63, 3.8) is 0 Å². The summed E-state index contributed by atoms with van der Waals surface area (Å²) in [4.78, 5) is 25.0. The first kappa shape index (κ1) is 66.9. The van der Waals surface area contributed by atoms with Crippen molar-refractivity contribution in [2.75, 3.05) is 19.8 Å². The second-order valence-electron chi connectivity index (χ2n) is 20.7. The van der Waals surface area contributed by atoms with E-state index >= 15 is 0 Å². The third-order valence-electron chi connectivity index (χ3n) is 14.0. The van der Waals surface area contributed by atoms with Gasteiger partial charge in [0.15, 0.2) is 6.29 Å². The number of unbranched alkanes of at least 4 members (excludes halogenated alkanes) is 33. The van der Waals surface area contributed by atoms with Crippen LogP contribution >= 0.6 is 0 Å². The smallest absolute Gasteiger partial charge is 0.305 e. The molecule has 0 aromatic carbocycles. The number of allylic oxidation sites excluding steroid dienone is 5. The Bertz CT molecular complexity index is 1280. The molecule has 0 radical (unpaired) electrons. The average molecular weight is 1010 g/mol. The van der Waals surface area contributed by atoms with Gasteiger partial charge in [-0.1, -0.05) is 224 Å². The number of hydrogen-bond donors (Lipinski definition) is 6. The predicted molar refractivity (Wildman–Crippen MR) is 292 cm³/mol. The zero-order valence-electron chi connectivity index (χ0n) is 45.7. The molecule has 1 saturated heterocycles. The molecule has 416 valence electrons. The average Bonchev–Trinajstić information content (AvgIpc) is 3.37. The molecule has 0 spiro atoms. The normalized spacial score (nSPS) is 19.3. The summed E-state index contributed by atoms with van der Waals surface area (Å²) in [6.45, 7) is 4.30. The Morgan fingerprint density at radius 2 is 0.915 bits per heavy atom. The van der Waals surface area contributed by atoms with Crippen molar-refractivity contribution in [2.24, 2.45) is 0 Å². The Balaban J connectivity index is 2.12. The predicted octanol–water partition coefficient (Wildman–Crippen LogP) is 13.5. The van der Waals surface area contributed by atoms with E-state index in [1.165, 1.54) is 161 Å². The molecular weight excluding hydrogens is 895 g/mol. The maximum atomic E-state index is 13.0. The second-order valence-corrected chi connectivity index (χ2v) is 20.7. The maximum absolute atomic E-state index is 13.0. The van der Waals surface area contributed by atoms with Crippen LogP contribution in [0.5, 0.6) is 0 Å². The Labute approximate surface area is 434 Å². The molecule has 0 aliphatic carbocycles. The second kappa shape index (κ2) is 50.1. The topological polar surface area (TPSA) is 175 Å². The molecule has 1 aliphatic rings. The highest BCUT2D eigenvalue weighted by molar-refractivity contribution is 5.76. The number of nitrogens with one attached hydrogen (secondary N) is 1. The molecule has 1 aliphatic heterocycles. The summed E-state index contributed by atoms with van der Waals surface area (Å²) in [5.41, 5.74) is 0. The molecule has 7 unspecified atom stereocenters. The zero-order valence-corrected chi connectivity index (χ0v) is 45.7. The largest absolute Gasteiger partial charge is 0.466 e. The molecular formula is C60H111NO10. The van der Waals surface area contributed by atoms with Crippen LogP contribution < -0.4 is 5.32 Å². The van der Waals surface area contributed by atoms with Gasteiger partial charge >= 0.3 is 5.97 Å². The summed E-state index contributed by atoms with van der Waals surface area (Å²) < 4.78 is 16.7. The van der Waals surface area contributed by atoms with E-state index in [2.05, 4.69) is 43.5 Å². The van der Waals surface area contributed by atoms with Crippen molar-refractivity contribution in [1.29, 1.82) is 0 Å². The molecule has 71 heavy (non-hydrogen) atoms. The van der Waals surface area contributed by atoms with E-state index in [0.29, 0.717) is 19.4 Å². The minimum Gasteiger partial charge on any atom is -0.466 e. The number of ether oxygens (including phenoxy) is 3. The number of aliphatic hydroxyl groups is 5. The number of rotatable bonds is 51. The summed E-state index contributed by atoms with van der Waals surface area (Å²) in [7, 11) is 0. The highest BCUT2D eigenvalue weighted by Gasteiger charge is 2.44. The molecule has 11 nitrogen and oxygen atoms in total. The van der Waals surface area contributed by atoms with Crippen molar-refractivity contribution < 1.29 is 49.3 Å². The van der Waals surface area contributed by atoms with Crippen molar-refractivity contribution in [3.05, 3.63) is 36.5 Å². The zero-order chi connectivity index (χ0) is 51.7. The van der Waals surface area contributed by atoms with Gasteiger partial charge in [0.25, 0.3) is 0 Å². The molecule has 0 aromatic rings. The number of esters is 1. The summed E-state index contributed by atoms with van der Waals surface area (Å²) in [5, 5.41) is 54.3. The lowest BCUT2D eigenvalue weighted by atomic mass is 9.99. The van der Waals surface area contributed by atoms with Gasteiger partial charge in [0.05, 0.1) is 32.0 Å². The van der Waals surface area contributed by atoms with Crippen molar-refractivity contribution in [3.8, 4) is 0 Å². The van der Waals surface area contributed by atoms with Gasteiger partial charge in [0, 0.05) is 12.8 Å². The molecule has 1 fully saturated rings. The van der Waals surface area contributed by atoms with E-state index in [0.717, 1.165) is 83.5 Å². The highest BCUT2D eigenvalue weighted by atomic mass is 16.7. The molecule has 0 bridgehead atoms. The molecule has 11 heteroatoms. The van der Waals surface area contributed by atoms with Crippen LogP contribution in [0.3, 0.4) is 0 Å². The van der Waals surface area contributed by atoms with E-state index in [1.807, 2.05) is 6.08 Å². The van der Waals surface area contributed by atoms with Gasteiger partial charge in [0.1, 0.15) is 24.4 Å². The third-order valence-corrected chi connectivity index (χ3v) is 14.0. The van der Waals surface area contributed by atoms with Gasteiger partial charge < -0.3 is 45.1 Å². The fourth-order valence-corrected chi connectivity index (χ4v) is 9.21. The summed E-state index contributed by atoms with van der Waals surface area (Å²) in [6.07, 6.45) is 50.9. The molecule has 0 aromatic heterocycles. The van der Waals surface area contributed by atoms with E-state index in [4.69, 9.17) is 14.2 Å². The molecule has 1 heterocycles. The van der Waals surface area contributed by atoms with E-state index in [-0.39, 0.29) is 18.5 Å². The Kier molecular flexibility index (Phi) is 47.2. The Morgan fingerprint density at radius 1 is 0.507 bits per heavy atom. The molecule has 0 saturated carbocycles. The van der Waals surface area contributed by atoms with Gasteiger partial charge in [-0.05, 0) is 70.6 Å². The lowest BCUT2D eigenvalue weighted by Gasteiger charge is -2.40. The molecule has 1 amide bonds. The van der Waals surface area contributed by atoms with Crippen molar-refractivity contribution in [1.82, 2.24) is 5.32 Å². The van der Waals surface area contributed by atoms with E-state index in [1.54, 1.807) is 6.08 Å². The number of carbonyl (C=O) groups excluding carboxylic acids is 2. The Morgan fingerprint density at radius 3 is 1.39 bits per heavy atom. The van der Waals surface area contributed by atoms with Gasteiger partial charge in [0.2, 0.25) is 5.91 Å². The van der Waals surface area contributed by atoms with Crippen LogP contribution in [0.25, 0.3) is 0 Å². The van der Waals surface area contributed by atoms with Gasteiger partial charge in [-0.15, -0.1) is 0 Å². The number of aliphatic hydroxyl groups excluding tert-OH is 5. The van der Waals surface area contributed by atoms with Crippen LogP contribution in [0.4, 0.5) is 0 Å². The summed E-state index contributed by atoms with van der Waals surface area (Å²) in [6, 6.07) is -0.834. The fourth-order valence-electron chi connectivity index (χ4n) is 9.21. The number of amides is 1. The van der Waals surface area contributed by atoms with Crippen LogP contribution in [0.2, 0.25) is 0 Å². The van der Waals surface area contributed by atoms with E-state index in [9.17, 15) is 35.1 Å². The lowest BCUT2D eigenvalue weighted by Crippen LogP contribution is -2.60. The van der Waals surface area contributed by atoms with Crippen LogP contribution in [0.15, 0.2) is 36.5 Å². The first-order chi connectivity index (χ1) is 34.7. The highest BCUT2D eigenvalue weighted by Crippen LogP contribution is 2.23. The lowest BCUT2D eigenvalue weighted by molar-refractivity contribution is -0.302. The quantitative estimate of drug-likeness (QED) is 0.0195. The van der Waals surface area contributed by atoms with Crippen LogP contribution in [-0.4, -0.2) is 100 Å². The number of carbonyl (C=O) groups is 2. The first-order valence-electron chi connectivity index (χ1n) is 29.8. The monoisotopic (exact) mass is 1010 g/mol. The minimum atomic E-state index is -1.58. The first-order valence-corrected chi connectivity index (χ1v) is 29.8. The minimum absolute atomic E-state index is 0.0120. The third kappa shape index (κ3) is 39.9. The summed E-state index contributed by atoms with van der Waals surface area (Å²) >= 11 is 0.